The Labute approximate surface area is 263 Å². The number of fused-ring (bicyclic) bond motifs is 1. The minimum Gasteiger partial charge on any atom is -0.507 e. The van der Waals surface area contributed by atoms with Crippen molar-refractivity contribution in [3.63, 3.8) is 0 Å². The van der Waals surface area contributed by atoms with Gasteiger partial charge in [0.2, 0.25) is 0 Å². The SMILES string of the molecule is Cc1cnc(-c2cccc(-c3cccc4c3nc(-c3cncc(C(C)(C)C)c3O)n4-c3ccccc3)c2)cc1-c1ccccc1. The van der Waals surface area contributed by atoms with E-state index in [9.17, 15) is 5.11 Å². The first-order chi connectivity index (χ1) is 21.8. The van der Waals surface area contributed by atoms with Crippen LogP contribution in [0.5, 0.6) is 5.75 Å². The van der Waals surface area contributed by atoms with Gasteiger partial charge in [-0.05, 0) is 64.9 Å². The Kier molecular flexibility index (Phi) is 7.01. The predicted molar refractivity (Wildman–Crippen MR) is 184 cm³/mol. The van der Waals surface area contributed by atoms with Gasteiger partial charge >= 0.3 is 0 Å². The van der Waals surface area contributed by atoms with Crippen molar-refractivity contribution in [3.05, 3.63) is 139 Å². The lowest BCUT2D eigenvalue weighted by Gasteiger charge is -2.21. The lowest BCUT2D eigenvalue weighted by Crippen LogP contribution is -2.12. The molecule has 1 N–H and O–H groups in total. The number of aryl methyl sites for hydroxylation is 1. The molecule has 0 aliphatic heterocycles. The van der Waals surface area contributed by atoms with E-state index in [-0.39, 0.29) is 11.2 Å². The van der Waals surface area contributed by atoms with Crippen molar-refractivity contribution in [2.24, 2.45) is 0 Å². The summed E-state index contributed by atoms with van der Waals surface area (Å²) in [6.45, 7) is 8.32. The highest BCUT2D eigenvalue weighted by molar-refractivity contribution is 5.96. The molecule has 7 rings (SSSR count). The van der Waals surface area contributed by atoms with Crippen molar-refractivity contribution in [1.82, 2.24) is 19.5 Å². The maximum atomic E-state index is 11.5. The zero-order valence-electron chi connectivity index (χ0n) is 25.9. The number of benzene rings is 4. The molecule has 5 nitrogen and oxygen atoms in total. The number of pyridine rings is 2. The third-order valence-electron chi connectivity index (χ3n) is 8.32. The zero-order valence-corrected chi connectivity index (χ0v) is 25.9. The van der Waals surface area contributed by atoms with Crippen LogP contribution in [-0.4, -0.2) is 24.6 Å². The lowest BCUT2D eigenvalue weighted by molar-refractivity contribution is 0.446. The van der Waals surface area contributed by atoms with Crippen LogP contribution in [0.25, 0.3) is 61.6 Å². The van der Waals surface area contributed by atoms with Gasteiger partial charge in [0, 0.05) is 41.0 Å². The second-order valence-electron chi connectivity index (χ2n) is 12.4. The molecule has 7 aromatic rings. The van der Waals surface area contributed by atoms with Crippen molar-refractivity contribution in [1.29, 1.82) is 0 Å². The molecule has 45 heavy (non-hydrogen) atoms. The van der Waals surface area contributed by atoms with Gasteiger partial charge in [-0.2, -0.15) is 0 Å². The lowest BCUT2D eigenvalue weighted by atomic mass is 9.86. The zero-order chi connectivity index (χ0) is 31.1. The molecule has 5 heteroatoms. The molecule has 0 saturated heterocycles. The smallest absolute Gasteiger partial charge is 0.151 e. The first-order valence-corrected chi connectivity index (χ1v) is 15.2. The fraction of sp³-hybridized carbons (Fsp3) is 0.125. The van der Waals surface area contributed by atoms with Crippen LogP contribution in [0.15, 0.2) is 128 Å². The van der Waals surface area contributed by atoms with Crippen LogP contribution in [0.1, 0.15) is 31.9 Å². The monoisotopic (exact) mass is 586 g/mol. The number of hydrogen-bond donors (Lipinski definition) is 1. The van der Waals surface area contributed by atoms with Gasteiger partial charge in [0.25, 0.3) is 0 Å². The van der Waals surface area contributed by atoms with Crippen molar-refractivity contribution in [3.8, 4) is 56.3 Å². The Hall–Kier alpha value is -5.55. The summed E-state index contributed by atoms with van der Waals surface area (Å²) in [5.41, 5.74) is 11.3. The summed E-state index contributed by atoms with van der Waals surface area (Å²) < 4.78 is 2.11. The Morgan fingerprint density at radius 2 is 1.33 bits per heavy atom. The highest BCUT2D eigenvalue weighted by atomic mass is 16.3. The van der Waals surface area contributed by atoms with E-state index < -0.39 is 0 Å². The van der Waals surface area contributed by atoms with E-state index in [1.165, 1.54) is 11.1 Å². The van der Waals surface area contributed by atoms with E-state index in [0.29, 0.717) is 11.4 Å². The number of aromatic hydroxyl groups is 1. The molecule has 0 fully saturated rings. The number of nitrogens with zero attached hydrogens (tertiary/aromatic N) is 4. The minimum atomic E-state index is -0.285. The van der Waals surface area contributed by atoms with Gasteiger partial charge in [-0.1, -0.05) is 99.6 Å². The summed E-state index contributed by atoms with van der Waals surface area (Å²) >= 11 is 0. The van der Waals surface area contributed by atoms with Crippen LogP contribution >= 0.6 is 0 Å². The number of imidazole rings is 1. The van der Waals surface area contributed by atoms with Gasteiger partial charge in [0.1, 0.15) is 5.75 Å². The van der Waals surface area contributed by atoms with Crippen LogP contribution in [0.2, 0.25) is 0 Å². The van der Waals surface area contributed by atoms with Gasteiger partial charge in [0.15, 0.2) is 5.82 Å². The van der Waals surface area contributed by atoms with Gasteiger partial charge in [-0.15, -0.1) is 0 Å². The van der Waals surface area contributed by atoms with Gasteiger partial charge in [-0.25, -0.2) is 4.98 Å². The highest BCUT2D eigenvalue weighted by Gasteiger charge is 2.25. The molecule has 0 saturated carbocycles. The molecule has 220 valence electrons. The van der Waals surface area contributed by atoms with Gasteiger partial charge in [-0.3, -0.25) is 14.5 Å². The summed E-state index contributed by atoms with van der Waals surface area (Å²) in [7, 11) is 0. The Morgan fingerprint density at radius 3 is 2.09 bits per heavy atom. The maximum absolute atomic E-state index is 11.5. The molecule has 0 aliphatic rings. The maximum Gasteiger partial charge on any atom is 0.151 e. The summed E-state index contributed by atoms with van der Waals surface area (Å²) in [6, 6.07) is 37.5. The molecular formula is C40H34N4O. The summed E-state index contributed by atoms with van der Waals surface area (Å²) in [6.07, 6.45) is 5.40. The predicted octanol–water partition coefficient (Wildman–Crippen LogP) is 9.80. The Bertz CT molecular complexity index is 2160. The standard InChI is InChI=1S/C40H34N4O/c1-26-23-42-35(22-32(26)27-13-7-5-8-14-27)29-16-11-15-28(21-29)31-19-12-20-36-37(31)43-39(44(36)30-17-9-6-10-18-30)33-24-41-25-34(38(33)45)40(2,3)4/h5-25H,1-4H3,(H,41,45). The third kappa shape index (κ3) is 5.17. The van der Waals surface area contributed by atoms with Crippen LogP contribution in [0, 0.1) is 6.92 Å². The molecule has 0 radical (unpaired) electrons. The van der Waals surface area contributed by atoms with Crippen LogP contribution in [0.3, 0.4) is 0 Å². The van der Waals surface area contributed by atoms with E-state index >= 15 is 0 Å². The topological polar surface area (TPSA) is 63.8 Å². The van der Waals surface area contributed by atoms with E-state index in [1.54, 1.807) is 12.4 Å². The molecular weight excluding hydrogens is 552 g/mol. The number of aromatic nitrogens is 4. The molecule has 3 heterocycles. The number of hydrogen-bond acceptors (Lipinski definition) is 4. The van der Waals surface area contributed by atoms with Crippen molar-refractivity contribution >= 4 is 11.0 Å². The summed E-state index contributed by atoms with van der Waals surface area (Å²) in [5.74, 6) is 0.844. The summed E-state index contributed by atoms with van der Waals surface area (Å²) in [5, 5.41) is 11.5. The average Bonchev–Trinajstić information content (AvgIpc) is 3.45. The Morgan fingerprint density at radius 1 is 0.644 bits per heavy atom. The quantitative estimate of drug-likeness (QED) is 0.218. The molecule has 4 aromatic carbocycles. The molecule has 0 bridgehead atoms. The van der Waals surface area contributed by atoms with Crippen LogP contribution in [0.4, 0.5) is 0 Å². The fourth-order valence-electron chi connectivity index (χ4n) is 5.97. The molecule has 0 amide bonds. The molecule has 0 atom stereocenters. The van der Waals surface area contributed by atoms with Crippen molar-refractivity contribution in [2.45, 2.75) is 33.1 Å². The number of para-hydroxylation sites is 2. The fourth-order valence-corrected chi connectivity index (χ4v) is 5.97. The second kappa shape index (κ2) is 11.2. The molecule has 0 unspecified atom stereocenters. The van der Waals surface area contributed by atoms with E-state index in [1.807, 2.05) is 30.5 Å². The normalized spacial score (nSPS) is 11.6. The average molecular weight is 587 g/mol. The van der Waals surface area contributed by atoms with E-state index in [2.05, 4.69) is 122 Å². The molecule has 3 aromatic heterocycles. The number of rotatable bonds is 5. The Balaban J connectivity index is 1.41. The molecule has 0 aliphatic carbocycles. The van der Waals surface area contributed by atoms with Crippen molar-refractivity contribution in [2.75, 3.05) is 0 Å². The van der Waals surface area contributed by atoms with Gasteiger partial charge in [0.05, 0.1) is 22.3 Å². The third-order valence-corrected chi connectivity index (χ3v) is 8.32. The molecule has 0 spiro atoms. The van der Waals surface area contributed by atoms with Crippen LogP contribution < -0.4 is 0 Å². The van der Waals surface area contributed by atoms with Crippen LogP contribution in [-0.2, 0) is 5.41 Å². The highest BCUT2D eigenvalue weighted by Crippen LogP contribution is 2.41. The van der Waals surface area contributed by atoms with Gasteiger partial charge < -0.3 is 5.11 Å². The summed E-state index contributed by atoms with van der Waals surface area (Å²) in [4.78, 5) is 14.6. The first-order valence-electron chi connectivity index (χ1n) is 15.2. The van der Waals surface area contributed by atoms with Crippen molar-refractivity contribution < 1.29 is 5.11 Å². The van der Waals surface area contributed by atoms with E-state index in [0.717, 1.165) is 50.2 Å². The largest absolute Gasteiger partial charge is 0.507 e. The first kappa shape index (κ1) is 28.2. The minimum absolute atomic E-state index is 0.202. The second-order valence-corrected chi connectivity index (χ2v) is 12.4. The van der Waals surface area contributed by atoms with E-state index in [4.69, 9.17) is 9.97 Å².